The molecule has 0 amide bonds. The Kier molecular flexibility index (Phi) is 40.5. The highest BCUT2D eigenvalue weighted by Crippen LogP contribution is 2.43. The predicted octanol–water partition coefficient (Wildman–Crippen LogP) is 14.0. The number of esters is 2. The van der Waals surface area contributed by atoms with Gasteiger partial charge in [-0.25, -0.2) is 4.57 Å². The van der Waals surface area contributed by atoms with Crippen LogP contribution < -0.4 is 0 Å². The third kappa shape index (κ3) is 46.5. The molecule has 0 bridgehead atoms. The summed E-state index contributed by atoms with van der Waals surface area (Å²) in [7, 11) is 1.45. The Morgan fingerprint density at radius 2 is 0.934 bits per heavy atom. The number of allylic oxidation sites excluding steroid dienone is 14. The summed E-state index contributed by atoms with van der Waals surface area (Å²) in [5.41, 5.74) is 0. The monoisotopic (exact) mass is 875 g/mol. The minimum absolute atomic E-state index is 0.0244. The first kappa shape index (κ1) is 58.2. The lowest BCUT2D eigenvalue weighted by molar-refractivity contribution is -0.870. The molecule has 0 aromatic heterocycles. The molecule has 0 fully saturated rings. The van der Waals surface area contributed by atoms with E-state index < -0.39 is 26.5 Å². The summed E-state index contributed by atoms with van der Waals surface area (Å²) in [6.45, 7) is 4.21. The molecule has 0 saturated carbocycles. The molecule has 0 saturated heterocycles. The lowest BCUT2D eigenvalue weighted by Gasteiger charge is -2.24. The second-order valence-corrected chi connectivity index (χ2v) is 18.2. The molecule has 0 aliphatic carbocycles. The predicted molar refractivity (Wildman–Crippen MR) is 256 cm³/mol. The van der Waals surface area contributed by atoms with Crippen LogP contribution in [-0.2, 0) is 32.7 Å². The average molecular weight is 875 g/mol. The molecule has 0 aliphatic heterocycles. The number of ether oxygens (including phenoxy) is 2. The largest absolute Gasteiger partial charge is 0.472 e. The van der Waals surface area contributed by atoms with Crippen molar-refractivity contribution in [1.82, 2.24) is 0 Å². The maximum atomic E-state index is 12.7. The highest BCUT2D eigenvalue weighted by Gasteiger charge is 2.27. The first-order chi connectivity index (χ1) is 29.5. The van der Waals surface area contributed by atoms with E-state index >= 15 is 0 Å². The van der Waals surface area contributed by atoms with Crippen molar-refractivity contribution in [2.75, 3.05) is 47.5 Å². The van der Waals surface area contributed by atoms with Gasteiger partial charge in [-0.15, -0.1) is 0 Å². The first-order valence-electron chi connectivity index (χ1n) is 23.8. The molecule has 1 N–H and O–H groups in total. The van der Waals surface area contributed by atoms with Gasteiger partial charge in [0.1, 0.15) is 19.8 Å². The number of rotatable bonds is 42. The molecule has 0 heterocycles. The summed E-state index contributed by atoms with van der Waals surface area (Å²) in [4.78, 5) is 35.4. The zero-order valence-electron chi connectivity index (χ0n) is 39.4. The summed E-state index contributed by atoms with van der Waals surface area (Å²) in [6, 6.07) is 0. The highest BCUT2D eigenvalue weighted by molar-refractivity contribution is 7.47. The van der Waals surface area contributed by atoms with E-state index in [0.29, 0.717) is 17.4 Å². The average Bonchev–Trinajstić information content (AvgIpc) is 3.21. The van der Waals surface area contributed by atoms with Gasteiger partial charge < -0.3 is 18.9 Å². The normalized spacial score (nSPS) is 14.3. The molecule has 0 radical (unpaired) electrons. The van der Waals surface area contributed by atoms with Crippen LogP contribution in [0.4, 0.5) is 0 Å². The van der Waals surface area contributed by atoms with Gasteiger partial charge in [0.25, 0.3) is 0 Å². The number of phosphoric acid groups is 1. The lowest BCUT2D eigenvalue weighted by Crippen LogP contribution is -2.37. The molecule has 0 aromatic rings. The van der Waals surface area contributed by atoms with Crippen LogP contribution >= 0.6 is 7.82 Å². The van der Waals surface area contributed by atoms with Crippen molar-refractivity contribution in [3.8, 4) is 0 Å². The SMILES string of the molecule is CC/C=C\C/C=C\C/C=C\C/C=C\C/C=C\C/C=C\CCCCCCCCCCC(=O)OC(COC(=O)CCCCCCC/C=C\CCC)COP(=O)(O)OCC[N+](C)(C)C. The van der Waals surface area contributed by atoms with Gasteiger partial charge in [0.05, 0.1) is 27.7 Å². The van der Waals surface area contributed by atoms with Crippen molar-refractivity contribution in [2.24, 2.45) is 0 Å². The number of hydrogen-bond acceptors (Lipinski definition) is 7. The van der Waals surface area contributed by atoms with Crippen molar-refractivity contribution in [1.29, 1.82) is 0 Å². The topological polar surface area (TPSA) is 108 Å². The van der Waals surface area contributed by atoms with Crippen LogP contribution in [-0.4, -0.2) is 74.9 Å². The van der Waals surface area contributed by atoms with Gasteiger partial charge in [0.15, 0.2) is 6.10 Å². The number of carbonyl (C=O) groups is 2. The van der Waals surface area contributed by atoms with Gasteiger partial charge in [0, 0.05) is 12.8 Å². The molecular formula is C51H89NO8P+. The fourth-order valence-corrected chi connectivity index (χ4v) is 6.70. The van der Waals surface area contributed by atoms with Crippen LogP contribution in [0.5, 0.6) is 0 Å². The third-order valence-corrected chi connectivity index (χ3v) is 10.6. The summed E-state index contributed by atoms with van der Waals surface area (Å²) < 4.78 is 34.3. The van der Waals surface area contributed by atoms with Gasteiger partial charge >= 0.3 is 19.8 Å². The Labute approximate surface area is 373 Å². The van der Waals surface area contributed by atoms with Crippen molar-refractivity contribution in [2.45, 2.75) is 180 Å². The van der Waals surface area contributed by atoms with Crippen molar-refractivity contribution in [3.05, 3.63) is 85.1 Å². The van der Waals surface area contributed by atoms with Crippen molar-refractivity contribution in [3.63, 3.8) is 0 Å². The number of nitrogens with zero attached hydrogens (tertiary/aromatic N) is 1. The number of phosphoric ester groups is 1. The van der Waals surface area contributed by atoms with E-state index in [1.165, 1.54) is 32.1 Å². The van der Waals surface area contributed by atoms with Crippen LogP contribution in [0.1, 0.15) is 174 Å². The van der Waals surface area contributed by atoms with E-state index in [1.54, 1.807) is 0 Å². The number of carbonyl (C=O) groups excluding carboxylic acids is 2. The Balaban J connectivity index is 4.23. The van der Waals surface area contributed by atoms with E-state index in [1.807, 2.05) is 21.1 Å². The molecule has 350 valence electrons. The van der Waals surface area contributed by atoms with Gasteiger partial charge in [-0.3, -0.25) is 18.6 Å². The standard InChI is InChI=1S/C51H88NO8P/c1-6-8-10-12-14-16-18-19-20-21-22-23-24-25-26-27-28-29-30-31-32-33-34-36-38-40-42-44-51(54)60-49(48-59-61(55,56)58-46-45-52(3,4)5)47-57-50(53)43-41-39-37-35-17-15-13-11-9-7-2/h8,10-11,13-14,16,19-20,22-23,25-26,28-29,49H,6-7,9,12,15,17-18,21,24,27,30-48H2,1-5H3/p+1/b10-8-,13-11-,16-14-,20-19-,23-22-,26-25-,29-28-. The number of likely N-dealkylation sites (N-methyl/N-ethyl adjacent to an activating group) is 1. The molecule has 0 spiro atoms. The maximum Gasteiger partial charge on any atom is 0.472 e. The van der Waals surface area contributed by atoms with E-state index in [0.717, 1.165) is 109 Å². The molecule has 2 unspecified atom stereocenters. The molecular weight excluding hydrogens is 786 g/mol. The summed E-state index contributed by atoms with van der Waals surface area (Å²) >= 11 is 0. The van der Waals surface area contributed by atoms with Crippen LogP contribution in [0.25, 0.3) is 0 Å². The Hall–Kier alpha value is -2.81. The Morgan fingerprint density at radius 1 is 0.525 bits per heavy atom. The van der Waals surface area contributed by atoms with E-state index in [9.17, 15) is 19.0 Å². The third-order valence-electron chi connectivity index (χ3n) is 9.64. The van der Waals surface area contributed by atoms with E-state index in [-0.39, 0.29) is 32.0 Å². The lowest BCUT2D eigenvalue weighted by atomic mass is 10.1. The molecule has 0 aliphatic rings. The maximum absolute atomic E-state index is 12.7. The quantitative estimate of drug-likeness (QED) is 0.0212. The minimum atomic E-state index is -4.38. The molecule has 61 heavy (non-hydrogen) atoms. The van der Waals surface area contributed by atoms with Gasteiger partial charge in [-0.1, -0.05) is 163 Å². The highest BCUT2D eigenvalue weighted by atomic mass is 31.2. The van der Waals surface area contributed by atoms with Crippen LogP contribution in [0.3, 0.4) is 0 Å². The van der Waals surface area contributed by atoms with Gasteiger partial charge in [-0.2, -0.15) is 0 Å². The second-order valence-electron chi connectivity index (χ2n) is 16.8. The summed E-state index contributed by atoms with van der Waals surface area (Å²) in [6.07, 6.45) is 55.0. The summed E-state index contributed by atoms with van der Waals surface area (Å²) in [5.74, 6) is -0.828. The van der Waals surface area contributed by atoms with Crippen molar-refractivity contribution >= 4 is 19.8 Å². The van der Waals surface area contributed by atoms with Crippen LogP contribution in [0.2, 0.25) is 0 Å². The molecule has 0 rings (SSSR count). The Bertz CT molecular complexity index is 1310. The zero-order valence-corrected chi connectivity index (χ0v) is 40.3. The fourth-order valence-electron chi connectivity index (χ4n) is 5.96. The number of quaternary nitrogens is 1. The number of hydrogen-bond donors (Lipinski definition) is 1. The number of unbranched alkanes of at least 4 members (excludes halogenated alkanes) is 14. The zero-order chi connectivity index (χ0) is 45.0. The smallest absolute Gasteiger partial charge is 0.462 e. The van der Waals surface area contributed by atoms with Crippen LogP contribution in [0, 0.1) is 0 Å². The van der Waals surface area contributed by atoms with E-state index in [2.05, 4.69) is 98.9 Å². The molecule has 10 heteroatoms. The van der Waals surface area contributed by atoms with Crippen molar-refractivity contribution < 1.29 is 42.1 Å². The van der Waals surface area contributed by atoms with Crippen LogP contribution in [0.15, 0.2) is 85.1 Å². The Morgan fingerprint density at radius 3 is 1.41 bits per heavy atom. The van der Waals surface area contributed by atoms with E-state index in [4.69, 9.17) is 18.5 Å². The van der Waals surface area contributed by atoms with Gasteiger partial charge in [-0.05, 0) is 83.5 Å². The molecule has 9 nitrogen and oxygen atoms in total. The molecule has 0 aromatic carbocycles. The van der Waals surface area contributed by atoms with Gasteiger partial charge in [0.2, 0.25) is 0 Å². The molecule has 2 atom stereocenters. The summed E-state index contributed by atoms with van der Waals surface area (Å²) in [5, 5.41) is 0. The minimum Gasteiger partial charge on any atom is -0.462 e. The fraction of sp³-hybridized carbons (Fsp3) is 0.686. The second kappa shape index (κ2) is 42.5. The first-order valence-corrected chi connectivity index (χ1v) is 25.3.